The molecule has 1 aliphatic carbocycles. The van der Waals surface area contributed by atoms with Crippen molar-refractivity contribution in [1.29, 1.82) is 0 Å². The lowest BCUT2D eigenvalue weighted by molar-refractivity contribution is -0.170. The number of pyridine rings is 1. The van der Waals surface area contributed by atoms with Gasteiger partial charge < -0.3 is 33.6 Å². The molecular formula is C39H38BrN5O5. The number of halogens is 1. The summed E-state index contributed by atoms with van der Waals surface area (Å²) in [5.74, 6) is 2.84. The van der Waals surface area contributed by atoms with Gasteiger partial charge >= 0.3 is 0 Å². The molecule has 256 valence electrons. The Hall–Kier alpha value is -4.71. The van der Waals surface area contributed by atoms with Gasteiger partial charge in [0.1, 0.15) is 41.1 Å². The molecule has 0 amide bonds. The molecule has 50 heavy (non-hydrogen) atoms. The first-order chi connectivity index (χ1) is 24.2. The predicted molar refractivity (Wildman–Crippen MR) is 195 cm³/mol. The number of rotatable bonds is 10. The van der Waals surface area contributed by atoms with Crippen molar-refractivity contribution >= 4 is 43.7 Å². The largest absolute Gasteiger partial charge is 0.497 e. The van der Waals surface area contributed by atoms with Crippen LogP contribution in [0.3, 0.4) is 0 Å². The number of nitrogens with zero attached hydrogens (tertiary/aromatic N) is 4. The van der Waals surface area contributed by atoms with Crippen molar-refractivity contribution in [2.24, 2.45) is 5.41 Å². The van der Waals surface area contributed by atoms with E-state index in [-0.39, 0.29) is 23.7 Å². The fourth-order valence-electron chi connectivity index (χ4n) is 7.13. The van der Waals surface area contributed by atoms with Crippen LogP contribution in [0, 0.1) is 5.41 Å². The van der Waals surface area contributed by atoms with Crippen molar-refractivity contribution in [1.82, 2.24) is 19.5 Å². The number of hydrogen-bond acceptors (Lipinski definition) is 9. The first-order valence-electron chi connectivity index (χ1n) is 16.7. The lowest BCUT2D eigenvalue weighted by Crippen LogP contribution is -2.38. The Kier molecular flexibility index (Phi) is 8.37. The zero-order valence-corrected chi connectivity index (χ0v) is 29.9. The Balaban J connectivity index is 1.02. The van der Waals surface area contributed by atoms with E-state index in [0.717, 1.165) is 61.5 Å². The summed E-state index contributed by atoms with van der Waals surface area (Å²) in [4.78, 5) is 14.1. The van der Waals surface area contributed by atoms with Crippen LogP contribution in [0.4, 0.5) is 5.82 Å². The molecule has 10 nitrogen and oxygen atoms in total. The van der Waals surface area contributed by atoms with E-state index < -0.39 is 5.79 Å². The van der Waals surface area contributed by atoms with Gasteiger partial charge in [-0.05, 0) is 90.3 Å². The quantitative estimate of drug-likeness (QED) is 0.148. The summed E-state index contributed by atoms with van der Waals surface area (Å²) in [5, 5.41) is 5.30. The number of ether oxygens (including phenoxy) is 5. The van der Waals surface area contributed by atoms with E-state index in [0.29, 0.717) is 19.0 Å². The molecule has 11 heteroatoms. The molecule has 3 aromatic heterocycles. The van der Waals surface area contributed by atoms with Gasteiger partial charge in [-0.1, -0.05) is 37.3 Å². The van der Waals surface area contributed by atoms with Crippen LogP contribution in [0.5, 0.6) is 23.1 Å². The van der Waals surface area contributed by atoms with Crippen molar-refractivity contribution < 1.29 is 23.7 Å². The van der Waals surface area contributed by atoms with Crippen molar-refractivity contribution in [2.45, 2.75) is 57.8 Å². The SMILES string of the molecule is COc1ccc(CNc2nc3cc(OC[C@@]4(C)C[C@@H](n5ccc6c(Oc7ccccc7)ncnc65)[C@@H]5OC(C)(C)O[C@@H]54)ccc3cc2Br)cc1. The van der Waals surface area contributed by atoms with E-state index in [2.05, 4.69) is 48.8 Å². The lowest BCUT2D eigenvalue weighted by atomic mass is 9.87. The number of nitrogens with one attached hydrogen (secondary N) is 1. The molecule has 1 saturated carbocycles. The fraction of sp³-hybridized carbons (Fsp3) is 0.308. The molecule has 2 aliphatic rings. The van der Waals surface area contributed by atoms with Crippen LogP contribution >= 0.6 is 15.9 Å². The molecule has 4 atom stereocenters. The second-order valence-corrected chi connectivity index (χ2v) is 14.5. The molecule has 1 aliphatic heterocycles. The van der Waals surface area contributed by atoms with Crippen molar-refractivity contribution in [2.75, 3.05) is 19.0 Å². The van der Waals surface area contributed by atoms with Gasteiger partial charge in [-0.3, -0.25) is 0 Å². The Morgan fingerprint density at radius 1 is 0.920 bits per heavy atom. The Labute approximate surface area is 298 Å². The number of methoxy groups -OCH3 is 1. The van der Waals surface area contributed by atoms with Gasteiger partial charge in [-0.25, -0.2) is 15.0 Å². The molecule has 1 saturated heterocycles. The zero-order chi connectivity index (χ0) is 34.5. The molecule has 3 aromatic carbocycles. The maximum Gasteiger partial charge on any atom is 0.231 e. The average Bonchev–Trinajstić information content (AvgIpc) is 3.77. The highest BCUT2D eigenvalue weighted by Crippen LogP contribution is 2.54. The van der Waals surface area contributed by atoms with Gasteiger partial charge in [0.15, 0.2) is 5.79 Å². The van der Waals surface area contributed by atoms with Crippen LogP contribution < -0.4 is 19.5 Å². The zero-order valence-electron chi connectivity index (χ0n) is 28.3. The summed E-state index contributed by atoms with van der Waals surface area (Å²) in [6.07, 6.45) is 3.98. The van der Waals surface area contributed by atoms with E-state index in [1.165, 1.54) is 0 Å². The maximum absolute atomic E-state index is 6.59. The van der Waals surface area contributed by atoms with Crippen LogP contribution in [0.1, 0.15) is 38.8 Å². The average molecular weight is 737 g/mol. The third-order valence-electron chi connectivity index (χ3n) is 9.59. The topological polar surface area (TPSA) is 102 Å². The van der Waals surface area contributed by atoms with Crippen molar-refractivity contribution in [3.8, 4) is 23.1 Å². The molecule has 1 N–H and O–H groups in total. The van der Waals surface area contributed by atoms with Gasteiger partial charge in [0.2, 0.25) is 5.88 Å². The summed E-state index contributed by atoms with van der Waals surface area (Å²) >= 11 is 3.69. The fourth-order valence-corrected chi connectivity index (χ4v) is 7.60. The molecule has 2 fully saturated rings. The van der Waals surface area contributed by atoms with E-state index in [9.17, 15) is 0 Å². The van der Waals surface area contributed by atoms with Crippen LogP contribution in [-0.2, 0) is 16.0 Å². The molecule has 0 unspecified atom stereocenters. The number of aromatic nitrogens is 4. The monoisotopic (exact) mass is 735 g/mol. The minimum absolute atomic E-state index is 0.0395. The number of para-hydroxylation sites is 1. The van der Waals surface area contributed by atoms with E-state index >= 15 is 0 Å². The smallest absolute Gasteiger partial charge is 0.231 e. The molecule has 0 bridgehead atoms. The third kappa shape index (κ3) is 6.25. The van der Waals surface area contributed by atoms with Crippen LogP contribution in [0.25, 0.3) is 21.9 Å². The summed E-state index contributed by atoms with van der Waals surface area (Å²) in [7, 11) is 1.67. The van der Waals surface area contributed by atoms with Crippen molar-refractivity contribution in [3.05, 3.63) is 107 Å². The number of hydrogen-bond donors (Lipinski definition) is 1. The first-order valence-corrected chi connectivity index (χ1v) is 17.5. The van der Waals surface area contributed by atoms with Crippen LogP contribution in [-0.4, -0.2) is 51.2 Å². The van der Waals surface area contributed by atoms with E-state index in [1.807, 2.05) is 98.9 Å². The summed E-state index contributed by atoms with van der Waals surface area (Å²) < 4.78 is 34.2. The van der Waals surface area contributed by atoms with Gasteiger partial charge in [0.25, 0.3) is 0 Å². The minimum Gasteiger partial charge on any atom is -0.497 e. The number of benzene rings is 3. The standard InChI is InChI=1S/C39H38BrN5O5/c1-38(2)49-33-32(45-17-16-29-36(45)42-23-43-37(29)48-27-8-6-5-7-9-27)20-39(3,34(33)50-38)22-47-28-15-12-25-18-30(40)35(44-31(25)19-28)41-21-24-10-13-26(46-4)14-11-24/h5-19,23,32-34H,20-22H2,1-4H3,(H,41,44)/t32-,33+,34+,39-/m1/s1. The highest BCUT2D eigenvalue weighted by Gasteiger charge is 2.60. The third-order valence-corrected chi connectivity index (χ3v) is 10.2. The Morgan fingerprint density at radius 2 is 1.72 bits per heavy atom. The first kappa shape index (κ1) is 32.5. The Bertz CT molecular complexity index is 2160. The molecule has 4 heterocycles. The second-order valence-electron chi connectivity index (χ2n) is 13.7. The Morgan fingerprint density at radius 3 is 2.52 bits per heavy atom. The minimum atomic E-state index is -0.732. The van der Waals surface area contributed by atoms with Crippen LogP contribution in [0.2, 0.25) is 0 Å². The highest BCUT2D eigenvalue weighted by atomic mass is 79.9. The molecule has 0 radical (unpaired) electrons. The summed E-state index contributed by atoms with van der Waals surface area (Å²) in [5.41, 5.74) is 2.39. The van der Waals surface area contributed by atoms with Crippen molar-refractivity contribution in [3.63, 3.8) is 0 Å². The van der Waals surface area contributed by atoms with Crippen LogP contribution in [0.15, 0.2) is 102 Å². The van der Waals surface area contributed by atoms with Gasteiger partial charge in [-0.15, -0.1) is 0 Å². The van der Waals surface area contributed by atoms with Gasteiger partial charge in [0.05, 0.1) is 41.2 Å². The van der Waals surface area contributed by atoms with E-state index in [1.54, 1.807) is 13.4 Å². The molecule has 8 rings (SSSR count). The van der Waals surface area contributed by atoms with Gasteiger partial charge in [0, 0.05) is 29.6 Å². The lowest BCUT2D eigenvalue weighted by Gasteiger charge is -2.31. The summed E-state index contributed by atoms with van der Waals surface area (Å²) in [6.45, 7) is 7.22. The summed E-state index contributed by atoms with van der Waals surface area (Å²) in [6, 6.07) is 27.7. The van der Waals surface area contributed by atoms with E-state index in [4.69, 9.17) is 28.7 Å². The highest BCUT2D eigenvalue weighted by molar-refractivity contribution is 9.10. The predicted octanol–water partition coefficient (Wildman–Crippen LogP) is 8.71. The number of fused-ring (bicyclic) bond motifs is 3. The maximum atomic E-state index is 6.59. The number of anilines is 1. The normalized spacial score (nSPS) is 22.5. The van der Waals surface area contributed by atoms with Gasteiger partial charge in [-0.2, -0.15) is 0 Å². The molecule has 6 aromatic rings. The molecular weight excluding hydrogens is 698 g/mol. The molecule has 0 spiro atoms. The second kappa shape index (κ2) is 12.9.